The van der Waals surface area contributed by atoms with Crippen LogP contribution in [0.3, 0.4) is 0 Å². The molecule has 0 saturated heterocycles. The fraction of sp³-hybridized carbons (Fsp3) is 0.700. The maximum Gasteiger partial charge on any atom is 0.508 e. The van der Waals surface area contributed by atoms with Crippen molar-refractivity contribution in [1.29, 1.82) is 0 Å². The zero-order chi connectivity index (χ0) is 11.7. The number of hydrogen-bond donors (Lipinski definition) is 2. The molecular formula is C10H19NO4. The highest BCUT2D eigenvalue weighted by Gasteiger charge is 2.04. The average Bonchev–Trinajstić information content (AvgIpc) is 2.15. The summed E-state index contributed by atoms with van der Waals surface area (Å²) in [5, 5.41) is 9.41. The van der Waals surface area contributed by atoms with Gasteiger partial charge in [-0.2, -0.15) is 0 Å². The molecule has 0 bridgehead atoms. The third-order valence-electron chi connectivity index (χ3n) is 1.68. The van der Waals surface area contributed by atoms with Crippen molar-refractivity contribution in [2.24, 2.45) is 5.73 Å². The monoisotopic (exact) mass is 217 g/mol. The van der Waals surface area contributed by atoms with Crippen LogP contribution < -0.4 is 5.73 Å². The van der Waals surface area contributed by atoms with E-state index in [9.17, 15) is 9.90 Å². The highest BCUT2D eigenvalue weighted by molar-refractivity contribution is 5.59. The van der Waals surface area contributed by atoms with Gasteiger partial charge in [0.2, 0.25) is 0 Å². The highest BCUT2D eigenvalue weighted by Crippen LogP contribution is 2.01. The molecule has 0 fully saturated rings. The van der Waals surface area contributed by atoms with Crippen LogP contribution in [0.1, 0.15) is 19.8 Å². The first kappa shape index (κ1) is 13.9. The first-order valence-corrected chi connectivity index (χ1v) is 4.85. The van der Waals surface area contributed by atoms with Crippen molar-refractivity contribution in [2.45, 2.75) is 31.9 Å². The summed E-state index contributed by atoms with van der Waals surface area (Å²) < 4.78 is 8.87. The van der Waals surface area contributed by atoms with E-state index in [1.54, 1.807) is 12.2 Å². The summed E-state index contributed by atoms with van der Waals surface area (Å²) in [6, 6.07) is -0.0141. The zero-order valence-electron chi connectivity index (χ0n) is 9.18. The summed E-state index contributed by atoms with van der Waals surface area (Å²) >= 11 is 0. The normalized spacial score (nSPS) is 14.9. The summed E-state index contributed by atoms with van der Waals surface area (Å²) in [5.41, 5.74) is 5.51. The Kier molecular flexibility index (Phi) is 7.67. The molecule has 0 radical (unpaired) electrons. The quantitative estimate of drug-likeness (QED) is 0.508. The van der Waals surface area contributed by atoms with Crippen molar-refractivity contribution < 1.29 is 19.4 Å². The van der Waals surface area contributed by atoms with Crippen molar-refractivity contribution in [3.63, 3.8) is 0 Å². The minimum atomic E-state index is -0.712. The topological polar surface area (TPSA) is 81.8 Å². The number of carbonyl (C=O) groups is 1. The number of aliphatic hydroxyl groups excluding tert-OH is 1. The second-order valence-corrected chi connectivity index (χ2v) is 3.34. The van der Waals surface area contributed by atoms with Gasteiger partial charge >= 0.3 is 6.16 Å². The van der Waals surface area contributed by atoms with Crippen LogP contribution >= 0.6 is 0 Å². The third-order valence-corrected chi connectivity index (χ3v) is 1.68. The Balaban J connectivity index is 3.49. The van der Waals surface area contributed by atoms with Gasteiger partial charge in [-0.1, -0.05) is 12.2 Å². The van der Waals surface area contributed by atoms with Crippen LogP contribution in [-0.2, 0) is 9.47 Å². The second kappa shape index (κ2) is 8.26. The summed E-state index contributed by atoms with van der Waals surface area (Å²) in [5.74, 6) is 0. The molecule has 0 aromatic rings. The molecule has 0 amide bonds. The standard InChI is InChI=1S/C10H19NO4/c1-8(11)7-9(12)5-3-4-6-15-10(13)14-2/h3-4,8-9,12H,5-7,11H2,1-2H3/b4-3+/t8-,9-/m1/s1. The Morgan fingerprint density at radius 1 is 1.53 bits per heavy atom. The molecule has 3 N–H and O–H groups in total. The van der Waals surface area contributed by atoms with Crippen LogP contribution in [0, 0.1) is 0 Å². The molecule has 2 atom stereocenters. The first-order chi connectivity index (χ1) is 7.06. The van der Waals surface area contributed by atoms with E-state index in [1.165, 1.54) is 7.11 Å². The van der Waals surface area contributed by atoms with Gasteiger partial charge in [-0.3, -0.25) is 0 Å². The lowest BCUT2D eigenvalue weighted by atomic mass is 10.1. The van der Waals surface area contributed by atoms with Gasteiger partial charge < -0.3 is 20.3 Å². The molecule has 0 saturated carbocycles. The molecule has 0 heterocycles. The van der Waals surface area contributed by atoms with Gasteiger partial charge in [0.1, 0.15) is 6.61 Å². The van der Waals surface area contributed by atoms with Crippen LogP contribution in [-0.4, -0.2) is 37.1 Å². The number of methoxy groups -OCH3 is 1. The molecule has 0 aromatic carbocycles. The molecule has 0 aliphatic heterocycles. The Bertz CT molecular complexity index is 204. The summed E-state index contributed by atoms with van der Waals surface area (Å²) in [7, 11) is 1.25. The van der Waals surface area contributed by atoms with Crippen molar-refractivity contribution in [1.82, 2.24) is 0 Å². The van der Waals surface area contributed by atoms with Crippen LogP contribution in [0.5, 0.6) is 0 Å². The largest absolute Gasteiger partial charge is 0.508 e. The lowest BCUT2D eigenvalue weighted by molar-refractivity contribution is 0.0817. The van der Waals surface area contributed by atoms with Gasteiger partial charge in [-0.15, -0.1) is 0 Å². The van der Waals surface area contributed by atoms with Gasteiger partial charge in [-0.25, -0.2) is 4.79 Å². The molecule has 5 nitrogen and oxygen atoms in total. The molecule has 0 unspecified atom stereocenters. The van der Waals surface area contributed by atoms with E-state index in [2.05, 4.69) is 9.47 Å². The van der Waals surface area contributed by atoms with Crippen molar-refractivity contribution in [3.05, 3.63) is 12.2 Å². The van der Waals surface area contributed by atoms with Crippen molar-refractivity contribution >= 4 is 6.16 Å². The number of carbonyl (C=O) groups excluding carboxylic acids is 1. The molecule has 0 rings (SSSR count). The third kappa shape index (κ3) is 9.24. The van der Waals surface area contributed by atoms with Gasteiger partial charge in [0.05, 0.1) is 13.2 Å². The number of nitrogens with two attached hydrogens (primary N) is 1. The van der Waals surface area contributed by atoms with Gasteiger partial charge in [-0.05, 0) is 19.8 Å². The fourth-order valence-corrected chi connectivity index (χ4v) is 1.02. The van der Waals surface area contributed by atoms with Gasteiger partial charge in [0, 0.05) is 6.04 Å². The molecule has 0 spiro atoms. The fourth-order valence-electron chi connectivity index (χ4n) is 1.02. The number of hydrogen-bond acceptors (Lipinski definition) is 5. The Morgan fingerprint density at radius 3 is 2.73 bits per heavy atom. The van der Waals surface area contributed by atoms with Crippen molar-refractivity contribution in [3.8, 4) is 0 Å². The number of ether oxygens (including phenoxy) is 2. The highest BCUT2D eigenvalue weighted by atomic mass is 16.7. The molecule has 0 aliphatic rings. The van der Waals surface area contributed by atoms with Crippen molar-refractivity contribution in [2.75, 3.05) is 13.7 Å². The van der Waals surface area contributed by atoms with E-state index in [-0.39, 0.29) is 12.6 Å². The Morgan fingerprint density at radius 2 is 2.20 bits per heavy atom. The van der Waals surface area contributed by atoms with E-state index < -0.39 is 12.3 Å². The van der Waals surface area contributed by atoms with Crippen LogP contribution in [0.15, 0.2) is 12.2 Å². The predicted octanol–water partition coefficient (Wildman–Crippen LogP) is 0.814. The minimum absolute atomic E-state index is 0.0141. The van der Waals surface area contributed by atoms with E-state index >= 15 is 0 Å². The molecule has 5 heteroatoms. The lowest BCUT2D eigenvalue weighted by Crippen LogP contribution is -2.22. The molecule has 88 valence electrons. The van der Waals surface area contributed by atoms with Gasteiger partial charge in [0.15, 0.2) is 0 Å². The average molecular weight is 217 g/mol. The van der Waals surface area contributed by atoms with Crippen LogP contribution in [0.4, 0.5) is 4.79 Å². The Labute approximate surface area is 89.9 Å². The maximum absolute atomic E-state index is 10.5. The van der Waals surface area contributed by atoms with E-state index in [1.807, 2.05) is 6.92 Å². The first-order valence-electron chi connectivity index (χ1n) is 4.85. The molecule has 15 heavy (non-hydrogen) atoms. The summed E-state index contributed by atoms with van der Waals surface area (Å²) in [4.78, 5) is 10.5. The van der Waals surface area contributed by atoms with E-state index in [0.717, 1.165) is 0 Å². The summed E-state index contributed by atoms with van der Waals surface area (Å²) in [6.45, 7) is 1.99. The zero-order valence-corrected chi connectivity index (χ0v) is 9.18. The minimum Gasteiger partial charge on any atom is -0.438 e. The summed E-state index contributed by atoms with van der Waals surface area (Å²) in [6.07, 6.45) is 3.31. The van der Waals surface area contributed by atoms with Crippen LogP contribution in [0.2, 0.25) is 0 Å². The lowest BCUT2D eigenvalue weighted by Gasteiger charge is -2.10. The maximum atomic E-state index is 10.5. The molecule has 0 aliphatic carbocycles. The van der Waals surface area contributed by atoms with E-state index in [4.69, 9.17) is 5.73 Å². The predicted molar refractivity (Wildman–Crippen MR) is 56.4 cm³/mol. The van der Waals surface area contributed by atoms with Crippen LogP contribution in [0.25, 0.3) is 0 Å². The SMILES string of the molecule is COC(=O)OC/C=C/C[C@@H](O)C[C@@H](C)N. The Hall–Kier alpha value is -1.07. The van der Waals surface area contributed by atoms with E-state index in [0.29, 0.717) is 12.8 Å². The number of rotatable bonds is 6. The smallest absolute Gasteiger partial charge is 0.438 e. The van der Waals surface area contributed by atoms with Gasteiger partial charge in [0.25, 0.3) is 0 Å². The molecule has 0 aromatic heterocycles. The second-order valence-electron chi connectivity index (χ2n) is 3.34. The number of aliphatic hydroxyl groups is 1. The molecular weight excluding hydrogens is 198 g/mol.